The van der Waals surface area contributed by atoms with Crippen molar-refractivity contribution in [3.63, 3.8) is 0 Å². The van der Waals surface area contributed by atoms with Gasteiger partial charge >= 0.3 is 0 Å². The first-order valence-corrected chi connectivity index (χ1v) is 14.3. The van der Waals surface area contributed by atoms with Crippen LogP contribution in [0.15, 0.2) is 30.3 Å². The first kappa shape index (κ1) is 29.7. The lowest BCUT2D eigenvalue weighted by Gasteiger charge is -2.40. The molecule has 1 aliphatic rings. The molecule has 1 fully saturated rings. The van der Waals surface area contributed by atoms with E-state index >= 15 is 0 Å². The Bertz CT molecular complexity index is 1280. The summed E-state index contributed by atoms with van der Waals surface area (Å²) in [6.07, 6.45) is 3.74. The van der Waals surface area contributed by atoms with E-state index in [2.05, 4.69) is 14.7 Å². The van der Waals surface area contributed by atoms with Gasteiger partial charge in [-0.05, 0) is 51.0 Å². The molecule has 1 aromatic heterocycles. The number of carbonyl (C=O) groups is 1. The molecule has 1 aromatic carbocycles. The Morgan fingerprint density at radius 1 is 1.21 bits per heavy atom. The van der Waals surface area contributed by atoms with E-state index < -0.39 is 21.6 Å². The average Bonchev–Trinajstić information content (AvgIpc) is 2.82. The largest absolute Gasteiger partial charge is 0.349 e. The second-order valence-corrected chi connectivity index (χ2v) is 12.3. The molecule has 1 N–H and O–H groups in total. The highest BCUT2D eigenvalue weighted by Crippen LogP contribution is 2.33. The Hall–Kier alpha value is -2.89. The summed E-state index contributed by atoms with van der Waals surface area (Å²) < 4.78 is 52.8. The van der Waals surface area contributed by atoms with Gasteiger partial charge in [-0.3, -0.25) is 9.52 Å². The summed E-state index contributed by atoms with van der Waals surface area (Å²) in [7, 11) is -0.202. The minimum Gasteiger partial charge on any atom is -0.349 e. The molecule has 0 bridgehead atoms. The Morgan fingerprint density at radius 2 is 1.87 bits per heavy atom. The number of amides is 1. The van der Waals surface area contributed by atoms with Gasteiger partial charge in [-0.15, -0.1) is 0 Å². The van der Waals surface area contributed by atoms with Crippen molar-refractivity contribution in [3.05, 3.63) is 47.4 Å². The molecule has 0 unspecified atom stereocenters. The van der Waals surface area contributed by atoms with Gasteiger partial charge in [0.2, 0.25) is 21.9 Å². The lowest BCUT2D eigenvalue weighted by molar-refractivity contribution is -0.289. The number of ether oxygens (including phenoxy) is 2. The number of hydrogen-bond acceptors (Lipinski definition) is 7. The van der Waals surface area contributed by atoms with Gasteiger partial charge in [-0.1, -0.05) is 26.0 Å². The van der Waals surface area contributed by atoms with Crippen LogP contribution in [0, 0.1) is 5.82 Å². The number of rotatable bonds is 9. The Balaban J connectivity index is 2.06. The smallest absolute Gasteiger partial charge is 0.237 e. The third-order valence-corrected chi connectivity index (χ3v) is 7.28. The van der Waals surface area contributed by atoms with Crippen LogP contribution in [0.5, 0.6) is 0 Å². The molecule has 1 amide bonds. The molecule has 2 heterocycles. The van der Waals surface area contributed by atoms with Crippen LogP contribution in [-0.4, -0.2) is 67.0 Å². The summed E-state index contributed by atoms with van der Waals surface area (Å²) in [5, 5.41) is 0. The first-order valence-electron chi connectivity index (χ1n) is 12.6. The number of nitrogens with one attached hydrogen (secondary N) is 1. The summed E-state index contributed by atoms with van der Waals surface area (Å²) in [5.41, 5.74) is 2.35. The zero-order valence-corrected chi connectivity index (χ0v) is 23.8. The van der Waals surface area contributed by atoms with Gasteiger partial charge in [0.15, 0.2) is 5.79 Å². The summed E-state index contributed by atoms with van der Waals surface area (Å²) in [6.45, 7) is 9.04. The van der Waals surface area contributed by atoms with Crippen LogP contribution in [0.25, 0.3) is 17.3 Å². The zero-order valence-electron chi connectivity index (χ0n) is 23.0. The fourth-order valence-corrected chi connectivity index (χ4v) is 4.66. The van der Waals surface area contributed by atoms with Crippen molar-refractivity contribution >= 4 is 28.0 Å². The lowest BCUT2D eigenvalue weighted by Crippen LogP contribution is -2.45. The second kappa shape index (κ2) is 11.9. The molecule has 38 heavy (non-hydrogen) atoms. The van der Waals surface area contributed by atoms with Crippen LogP contribution in [0.2, 0.25) is 0 Å². The standard InChI is InChI=1S/C27H37FN4O5S/c1-8-38(34,35)31-26-29-24(17(2)3)22(25(30-26)18-9-11-19(28)12-10-18)14-13-20-15-21(16-23(33)32(6)7)37-27(4,5)36-20/h9-14,17,20-21H,8,15-16H2,1-7H3,(H,29,30,31)/b14-13+/t20-,21-/m1/s1. The van der Waals surface area contributed by atoms with E-state index in [1.54, 1.807) is 40.1 Å². The number of sulfonamides is 1. The molecule has 2 aromatic rings. The van der Waals surface area contributed by atoms with Crippen molar-refractivity contribution in [3.8, 4) is 11.3 Å². The van der Waals surface area contributed by atoms with Gasteiger partial charge in [0.1, 0.15) is 5.82 Å². The molecule has 0 spiro atoms. The highest BCUT2D eigenvalue weighted by atomic mass is 32.2. The minimum absolute atomic E-state index is 0.0327. The number of nitrogens with zero attached hydrogens (tertiary/aromatic N) is 3. The third kappa shape index (κ3) is 7.81. The Labute approximate surface area is 224 Å². The van der Waals surface area contributed by atoms with E-state index in [9.17, 15) is 17.6 Å². The summed E-state index contributed by atoms with van der Waals surface area (Å²) in [6, 6.07) is 5.83. The topological polar surface area (TPSA) is 111 Å². The molecule has 1 saturated heterocycles. The van der Waals surface area contributed by atoms with Crippen molar-refractivity contribution in [2.45, 2.75) is 71.4 Å². The van der Waals surface area contributed by atoms with Gasteiger partial charge in [0, 0.05) is 31.6 Å². The molecule has 208 valence electrons. The minimum atomic E-state index is -3.62. The molecular weight excluding hydrogens is 511 g/mol. The maximum absolute atomic E-state index is 13.7. The van der Waals surface area contributed by atoms with E-state index in [4.69, 9.17) is 9.47 Å². The number of benzene rings is 1. The highest BCUT2D eigenvalue weighted by molar-refractivity contribution is 7.92. The fourth-order valence-electron chi connectivity index (χ4n) is 4.15. The molecule has 11 heteroatoms. The number of halogens is 1. The molecular formula is C27H37FN4O5S. The number of anilines is 1. The predicted octanol–water partition coefficient (Wildman–Crippen LogP) is 4.57. The molecule has 3 rings (SSSR count). The van der Waals surface area contributed by atoms with Gasteiger partial charge in [0.05, 0.1) is 35.8 Å². The van der Waals surface area contributed by atoms with E-state index in [1.165, 1.54) is 24.0 Å². The molecule has 1 aliphatic heterocycles. The first-order chi connectivity index (χ1) is 17.7. The normalized spacial score (nSPS) is 19.6. The van der Waals surface area contributed by atoms with Crippen molar-refractivity contribution in [2.24, 2.45) is 0 Å². The van der Waals surface area contributed by atoms with Crippen LogP contribution >= 0.6 is 0 Å². The van der Waals surface area contributed by atoms with Crippen LogP contribution in [0.3, 0.4) is 0 Å². The van der Waals surface area contributed by atoms with Gasteiger partial charge in [-0.2, -0.15) is 0 Å². The molecule has 9 nitrogen and oxygen atoms in total. The van der Waals surface area contributed by atoms with Crippen LogP contribution in [0.4, 0.5) is 10.3 Å². The summed E-state index contributed by atoms with van der Waals surface area (Å²) in [5.74, 6) is -1.59. The van der Waals surface area contributed by atoms with E-state index in [-0.39, 0.29) is 42.2 Å². The third-order valence-electron chi connectivity index (χ3n) is 6.03. The lowest BCUT2D eigenvalue weighted by atomic mass is 9.97. The van der Waals surface area contributed by atoms with Gasteiger partial charge in [0.25, 0.3) is 0 Å². The Morgan fingerprint density at radius 3 is 2.45 bits per heavy atom. The maximum Gasteiger partial charge on any atom is 0.237 e. The molecule has 0 radical (unpaired) electrons. The summed E-state index contributed by atoms with van der Waals surface area (Å²) >= 11 is 0. The number of carbonyl (C=O) groups excluding carboxylic acids is 1. The second-order valence-electron chi connectivity index (χ2n) is 10.2. The highest BCUT2D eigenvalue weighted by Gasteiger charge is 2.35. The van der Waals surface area contributed by atoms with Crippen LogP contribution in [0.1, 0.15) is 64.6 Å². The number of hydrogen-bond donors (Lipinski definition) is 1. The maximum atomic E-state index is 13.7. The average molecular weight is 549 g/mol. The van der Waals surface area contributed by atoms with Crippen molar-refractivity contribution in [2.75, 3.05) is 24.6 Å². The van der Waals surface area contributed by atoms with Gasteiger partial charge < -0.3 is 14.4 Å². The predicted molar refractivity (Wildman–Crippen MR) is 145 cm³/mol. The molecule has 2 atom stereocenters. The van der Waals surface area contributed by atoms with Crippen LogP contribution < -0.4 is 4.72 Å². The SMILES string of the molecule is CCS(=O)(=O)Nc1nc(-c2ccc(F)cc2)c(/C=C/[C@@H]2C[C@H](CC(=O)N(C)C)OC(C)(C)O2)c(C(C)C)n1. The van der Waals surface area contributed by atoms with Crippen molar-refractivity contribution in [1.29, 1.82) is 0 Å². The fraction of sp³-hybridized carbons (Fsp3) is 0.519. The molecule has 0 aliphatic carbocycles. The van der Waals surface area contributed by atoms with Crippen LogP contribution in [-0.2, 0) is 24.3 Å². The van der Waals surface area contributed by atoms with E-state index in [0.717, 1.165) is 0 Å². The summed E-state index contributed by atoms with van der Waals surface area (Å²) in [4.78, 5) is 22.9. The van der Waals surface area contributed by atoms with E-state index in [0.29, 0.717) is 28.9 Å². The molecule has 0 saturated carbocycles. The zero-order chi connectivity index (χ0) is 28.3. The monoisotopic (exact) mass is 548 g/mol. The van der Waals surface area contributed by atoms with Gasteiger partial charge in [-0.25, -0.2) is 22.8 Å². The van der Waals surface area contributed by atoms with E-state index in [1.807, 2.05) is 26.0 Å². The quantitative estimate of drug-likeness (QED) is 0.489. The number of aromatic nitrogens is 2. The Kier molecular flexibility index (Phi) is 9.27. The van der Waals surface area contributed by atoms with Crippen molar-refractivity contribution in [1.82, 2.24) is 14.9 Å². The van der Waals surface area contributed by atoms with Crippen molar-refractivity contribution < 1.29 is 27.1 Å².